The summed E-state index contributed by atoms with van der Waals surface area (Å²) in [7, 11) is 0. The van der Waals surface area contributed by atoms with Crippen LogP contribution in [0.4, 0.5) is 0 Å². The Morgan fingerprint density at radius 1 is 1.40 bits per heavy atom. The summed E-state index contributed by atoms with van der Waals surface area (Å²) in [6.45, 7) is 3.84. The van der Waals surface area contributed by atoms with Crippen LogP contribution in [0.2, 0.25) is 0 Å². The maximum Gasteiger partial charge on any atom is 0.243 e. The van der Waals surface area contributed by atoms with Crippen LogP contribution in [0.1, 0.15) is 25.5 Å². The van der Waals surface area contributed by atoms with Crippen LogP contribution in [0.15, 0.2) is 28.7 Å². The second kappa shape index (κ2) is 6.03. The first kappa shape index (κ1) is 15.2. The Hall–Kier alpha value is -1.24. The van der Waals surface area contributed by atoms with Gasteiger partial charge in [0.25, 0.3) is 0 Å². The summed E-state index contributed by atoms with van der Waals surface area (Å²) >= 11 is 3.51. The topological polar surface area (TPSA) is 75.4 Å². The lowest BCUT2D eigenvalue weighted by molar-refractivity contribution is -0.141. The number of nitrogens with one attached hydrogen (secondary N) is 1. The zero-order valence-electron chi connectivity index (χ0n) is 11.5. The van der Waals surface area contributed by atoms with E-state index in [4.69, 9.17) is 5.73 Å². The molecule has 1 aromatic carbocycles. The number of rotatable bonds is 3. The molecule has 1 heterocycles. The molecule has 0 spiro atoms. The fourth-order valence-corrected chi connectivity index (χ4v) is 3.07. The van der Waals surface area contributed by atoms with Crippen molar-refractivity contribution in [2.45, 2.75) is 32.0 Å². The molecule has 0 saturated carbocycles. The quantitative estimate of drug-likeness (QED) is 0.811. The number of nitrogens with zero attached hydrogens (tertiary/aromatic N) is 1. The van der Waals surface area contributed by atoms with Gasteiger partial charge in [0.1, 0.15) is 0 Å². The Morgan fingerprint density at radius 3 is 2.65 bits per heavy atom. The van der Waals surface area contributed by atoms with Crippen molar-refractivity contribution in [3.05, 3.63) is 34.3 Å². The standard InChI is InChI=1S/C14H18BrN3O2/c1-8(16)13(10-5-3-4-6-11(10)15)18-7-12(19)17-14(20)9(18)2/h3-6,8-9,13H,7,16H2,1-2H3,(H,17,19,20). The molecule has 3 N–H and O–H groups in total. The smallest absolute Gasteiger partial charge is 0.243 e. The molecule has 1 aliphatic heterocycles. The van der Waals surface area contributed by atoms with Crippen LogP contribution in [-0.4, -0.2) is 35.3 Å². The molecule has 1 saturated heterocycles. The molecule has 20 heavy (non-hydrogen) atoms. The van der Waals surface area contributed by atoms with Crippen molar-refractivity contribution in [3.63, 3.8) is 0 Å². The summed E-state index contributed by atoms with van der Waals surface area (Å²) < 4.78 is 0.924. The predicted molar refractivity (Wildman–Crippen MR) is 79.9 cm³/mol. The molecule has 0 aromatic heterocycles. The number of carbonyl (C=O) groups is 2. The molecule has 5 nitrogen and oxygen atoms in total. The maximum absolute atomic E-state index is 11.8. The molecule has 0 radical (unpaired) electrons. The van der Waals surface area contributed by atoms with E-state index in [-0.39, 0.29) is 30.4 Å². The highest BCUT2D eigenvalue weighted by Crippen LogP contribution is 2.31. The van der Waals surface area contributed by atoms with Gasteiger partial charge in [-0.3, -0.25) is 19.8 Å². The van der Waals surface area contributed by atoms with Crippen LogP contribution in [-0.2, 0) is 9.59 Å². The molecule has 2 rings (SSSR count). The van der Waals surface area contributed by atoms with Crippen molar-refractivity contribution in [2.24, 2.45) is 5.73 Å². The summed E-state index contributed by atoms with van der Waals surface area (Å²) in [6, 6.07) is 6.93. The van der Waals surface area contributed by atoms with E-state index >= 15 is 0 Å². The highest BCUT2D eigenvalue weighted by Gasteiger charge is 2.37. The number of imide groups is 1. The maximum atomic E-state index is 11.8. The normalized spacial score (nSPS) is 23.3. The van der Waals surface area contributed by atoms with E-state index in [1.165, 1.54) is 0 Å². The van der Waals surface area contributed by atoms with Gasteiger partial charge >= 0.3 is 0 Å². The lowest BCUT2D eigenvalue weighted by Crippen LogP contribution is -2.59. The monoisotopic (exact) mass is 339 g/mol. The lowest BCUT2D eigenvalue weighted by atomic mass is 9.96. The van der Waals surface area contributed by atoms with Crippen molar-refractivity contribution in [1.29, 1.82) is 0 Å². The number of halogens is 1. The summed E-state index contributed by atoms with van der Waals surface area (Å²) in [6.07, 6.45) is 0. The minimum absolute atomic E-state index is 0.167. The first-order valence-electron chi connectivity index (χ1n) is 6.51. The Morgan fingerprint density at radius 2 is 2.05 bits per heavy atom. The first-order valence-corrected chi connectivity index (χ1v) is 7.30. The van der Waals surface area contributed by atoms with Crippen molar-refractivity contribution in [1.82, 2.24) is 10.2 Å². The molecular formula is C14H18BrN3O2. The van der Waals surface area contributed by atoms with Crippen molar-refractivity contribution in [3.8, 4) is 0 Å². The van der Waals surface area contributed by atoms with Crippen molar-refractivity contribution in [2.75, 3.05) is 6.54 Å². The molecule has 3 unspecified atom stereocenters. The van der Waals surface area contributed by atoms with E-state index in [1.807, 2.05) is 36.1 Å². The second-order valence-corrected chi connectivity index (χ2v) is 5.94. The van der Waals surface area contributed by atoms with Crippen LogP contribution in [0.5, 0.6) is 0 Å². The van der Waals surface area contributed by atoms with Gasteiger partial charge in [-0.2, -0.15) is 0 Å². The molecule has 3 atom stereocenters. The lowest BCUT2D eigenvalue weighted by Gasteiger charge is -2.40. The summed E-state index contributed by atoms with van der Waals surface area (Å²) in [5.41, 5.74) is 7.10. The fraction of sp³-hybridized carbons (Fsp3) is 0.429. The van der Waals surface area contributed by atoms with Gasteiger partial charge < -0.3 is 5.73 Å². The zero-order valence-corrected chi connectivity index (χ0v) is 13.1. The van der Waals surface area contributed by atoms with Gasteiger partial charge in [0.15, 0.2) is 0 Å². The van der Waals surface area contributed by atoms with Crippen LogP contribution >= 0.6 is 15.9 Å². The largest absolute Gasteiger partial charge is 0.326 e. The molecule has 1 fully saturated rings. The molecule has 2 amide bonds. The third-order valence-electron chi connectivity index (χ3n) is 3.54. The highest BCUT2D eigenvalue weighted by atomic mass is 79.9. The minimum atomic E-state index is -0.393. The van der Waals surface area contributed by atoms with Gasteiger partial charge in [-0.15, -0.1) is 0 Å². The van der Waals surface area contributed by atoms with Crippen LogP contribution in [0.25, 0.3) is 0 Å². The number of benzene rings is 1. The Bertz CT molecular complexity index is 533. The molecule has 1 aromatic rings. The zero-order chi connectivity index (χ0) is 14.9. The van der Waals surface area contributed by atoms with E-state index in [2.05, 4.69) is 21.2 Å². The van der Waals surface area contributed by atoms with Gasteiger partial charge in [0.05, 0.1) is 18.6 Å². The van der Waals surface area contributed by atoms with Gasteiger partial charge in [0, 0.05) is 10.5 Å². The van der Waals surface area contributed by atoms with E-state index in [0.29, 0.717) is 0 Å². The Kier molecular flexibility index (Phi) is 4.57. The second-order valence-electron chi connectivity index (χ2n) is 5.09. The summed E-state index contributed by atoms with van der Waals surface area (Å²) in [4.78, 5) is 25.3. The number of carbonyl (C=O) groups excluding carboxylic acids is 2. The Balaban J connectivity index is 2.41. The van der Waals surface area contributed by atoms with Crippen LogP contribution in [0.3, 0.4) is 0 Å². The van der Waals surface area contributed by atoms with E-state index in [9.17, 15) is 9.59 Å². The van der Waals surface area contributed by atoms with Gasteiger partial charge in [-0.1, -0.05) is 34.1 Å². The average molecular weight is 340 g/mol. The third-order valence-corrected chi connectivity index (χ3v) is 4.27. The molecule has 6 heteroatoms. The number of hydrogen-bond donors (Lipinski definition) is 2. The van der Waals surface area contributed by atoms with Crippen LogP contribution < -0.4 is 11.1 Å². The molecule has 108 valence electrons. The summed E-state index contributed by atoms with van der Waals surface area (Å²) in [5, 5.41) is 2.35. The van der Waals surface area contributed by atoms with Gasteiger partial charge in [-0.05, 0) is 25.5 Å². The SMILES string of the molecule is CC(N)C(c1ccccc1Br)N1CC(=O)NC(=O)C1C. The van der Waals surface area contributed by atoms with E-state index in [1.54, 1.807) is 6.92 Å². The third kappa shape index (κ3) is 2.92. The molecule has 0 bridgehead atoms. The minimum Gasteiger partial charge on any atom is -0.326 e. The van der Waals surface area contributed by atoms with Gasteiger partial charge in [0.2, 0.25) is 11.8 Å². The predicted octanol–water partition coefficient (Wildman–Crippen LogP) is 1.18. The van der Waals surface area contributed by atoms with Crippen molar-refractivity contribution < 1.29 is 9.59 Å². The molecular weight excluding hydrogens is 322 g/mol. The van der Waals surface area contributed by atoms with E-state index < -0.39 is 6.04 Å². The number of amides is 2. The Labute approximate surface area is 126 Å². The number of piperazine rings is 1. The van der Waals surface area contributed by atoms with Crippen LogP contribution in [0, 0.1) is 0 Å². The van der Waals surface area contributed by atoms with E-state index in [0.717, 1.165) is 10.0 Å². The molecule has 0 aliphatic carbocycles. The van der Waals surface area contributed by atoms with Crippen molar-refractivity contribution >= 4 is 27.7 Å². The van der Waals surface area contributed by atoms with Gasteiger partial charge in [-0.25, -0.2) is 0 Å². The number of nitrogens with two attached hydrogens (primary N) is 1. The molecule has 1 aliphatic rings. The number of hydrogen-bond acceptors (Lipinski definition) is 4. The first-order chi connectivity index (χ1) is 9.41. The highest BCUT2D eigenvalue weighted by molar-refractivity contribution is 9.10. The fourth-order valence-electron chi connectivity index (χ4n) is 2.55. The average Bonchev–Trinajstić information content (AvgIpc) is 2.37. The summed E-state index contributed by atoms with van der Waals surface area (Å²) in [5.74, 6) is -0.565.